The Bertz CT molecular complexity index is 1130. The highest BCUT2D eigenvalue weighted by Gasteiger charge is 2.35. The number of amides is 1. The van der Waals surface area contributed by atoms with Gasteiger partial charge < -0.3 is 14.8 Å². The summed E-state index contributed by atoms with van der Waals surface area (Å²) in [6.07, 6.45) is 8.29. The fourth-order valence-electron chi connectivity index (χ4n) is 4.14. The van der Waals surface area contributed by atoms with Gasteiger partial charge in [0.05, 0.1) is 17.9 Å². The van der Waals surface area contributed by atoms with Crippen molar-refractivity contribution >= 4 is 5.91 Å². The molecule has 2 aliphatic rings. The Morgan fingerprint density at radius 1 is 1.10 bits per heavy atom. The second-order valence-corrected chi connectivity index (χ2v) is 8.62. The number of rotatable bonds is 3. The van der Waals surface area contributed by atoms with Gasteiger partial charge in [-0.2, -0.15) is 0 Å². The van der Waals surface area contributed by atoms with E-state index in [0.717, 1.165) is 24.1 Å². The van der Waals surface area contributed by atoms with Gasteiger partial charge >= 0.3 is 0 Å². The fourth-order valence-corrected chi connectivity index (χ4v) is 4.14. The lowest BCUT2D eigenvalue weighted by Gasteiger charge is -2.36. The Kier molecular flexibility index (Phi) is 4.77. The van der Waals surface area contributed by atoms with Crippen molar-refractivity contribution in [3.05, 3.63) is 59.8 Å². The number of carbonyl (C=O) groups excluding carboxylic acids is 1. The van der Waals surface area contributed by atoms with E-state index in [0.29, 0.717) is 41.8 Å². The first-order valence-electron chi connectivity index (χ1n) is 10.3. The molecule has 158 valence electrons. The standard InChI is InChI=1S/C23H23N5O3/c1-23(2)10-16-15(12-26-21(27-16)18-13-24-5-6-25-18)17(11-23)28-22(29)14-3-4-19-20(9-14)31-8-7-30-19/h3-6,9,12-13,17H,7-8,10-11H2,1-2H3,(H,28,29)/t17-/m0/s1. The van der Waals surface area contributed by atoms with Gasteiger partial charge in [0.25, 0.3) is 5.91 Å². The molecule has 1 aliphatic heterocycles. The minimum absolute atomic E-state index is 0.0221. The molecule has 0 fully saturated rings. The van der Waals surface area contributed by atoms with Crippen molar-refractivity contribution < 1.29 is 14.3 Å². The van der Waals surface area contributed by atoms with Crippen molar-refractivity contribution in [2.24, 2.45) is 5.41 Å². The summed E-state index contributed by atoms with van der Waals surface area (Å²) in [7, 11) is 0. The maximum atomic E-state index is 13.0. The summed E-state index contributed by atoms with van der Waals surface area (Å²) in [5.41, 5.74) is 3.01. The Morgan fingerprint density at radius 2 is 1.94 bits per heavy atom. The molecule has 1 atom stereocenters. The van der Waals surface area contributed by atoms with Crippen molar-refractivity contribution in [2.75, 3.05) is 13.2 Å². The smallest absolute Gasteiger partial charge is 0.251 e. The number of nitrogens with zero attached hydrogens (tertiary/aromatic N) is 4. The molecule has 1 aliphatic carbocycles. The van der Waals surface area contributed by atoms with E-state index >= 15 is 0 Å². The lowest BCUT2D eigenvalue weighted by atomic mass is 9.74. The van der Waals surface area contributed by atoms with Crippen molar-refractivity contribution in [3.63, 3.8) is 0 Å². The normalized spacial score (nSPS) is 18.7. The predicted octanol–water partition coefficient (Wildman–Crippen LogP) is 3.15. The molecule has 2 aromatic heterocycles. The van der Waals surface area contributed by atoms with Gasteiger partial charge in [-0.25, -0.2) is 15.0 Å². The molecule has 0 unspecified atom stereocenters. The molecule has 3 aromatic rings. The van der Waals surface area contributed by atoms with Gasteiger partial charge in [-0.05, 0) is 36.5 Å². The number of hydrogen-bond acceptors (Lipinski definition) is 7. The van der Waals surface area contributed by atoms with E-state index in [9.17, 15) is 4.79 Å². The summed E-state index contributed by atoms with van der Waals surface area (Å²) in [6.45, 7) is 5.36. The summed E-state index contributed by atoms with van der Waals surface area (Å²) < 4.78 is 11.2. The zero-order chi connectivity index (χ0) is 21.4. The molecular weight excluding hydrogens is 394 g/mol. The molecule has 0 radical (unpaired) electrons. The largest absolute Gasteiger partial charge is 0.486 e. The minimum atomic E-state index is -0.185. The number of nitrogens with one attached hydrogen (secondary N) is 1. The van der Waals surface area contributed by atoms with Gasteiger partial charge in [-0.15, -0.1) is 0 Å². The van der Waals surface area contributed by atoms with Crippen molar-refractivity contribution in [1.82, 2.24) is 25.3 Å². The molecule has 0 saturated carbocycles. The van der Waals surface area contributed by atoms with Gasteiger partial charge in [0, 0.05) is 29.7 Å². The fraction of sp³-hybridized carbons (Fsp3) is 0.348. The van der Waals surface area contributed by atoms with Gasteiger partial charge in [-0.3, -0.25) is 9.78 Å². The molecule has 1 amide bonds. The highest BCUT2D eigenvalue weighted by Crippen LogP contribution is 2.40. The Balaban J connectivity index is 1.43. The van der Waals surface area contributed by atoms with Crippen molar-refractivity contribution in [3.8, 4) is 23.0 Å². The number of aromatic nitrogens is 4. The molecule has 31 heavy (non-hydrogen) atoms. The highest BCUT2D eigenvalue weighted by atomic mass is 16.6. The third-order valence-electron chi connectivity index (χ3n) is 5.58. The predicted molar refractivity (Wildman–Crippen MR) is 113 cm³/mol. The number of fused-ring (bicyclic) bond motifs is 2. The Morgan fingerprint density at radius 3 is 2.74 bits per heavy atom. The first kappa shape index (κ1) is 19.4. The van der Waals surface area contributed by atoms with Crippen LogP contribution in [-0.4, -0.2) is 39.1 Å². The van der Waals surface area contributed by atoms with E-state index in [1.807, 2.05) is 0 Å². The number of hydrogen-bond donors (Lipinski definition) is 1. The SMILES string of the molecule is CC1(C)Cc2nc(-c3cnccn3)ncc2[C@@H](NC(=O)c2ccc3c(c2)OCCO3)C1. The van der Waals surface area contributed by atoms with Crippen LogP contribution in [0.2, 0.25) is 0 Å². The highest BCUT2D eigenvalue weighted by molar-refractivity contribution is 5.95. The van der Waals surface area contributed by atoms with E-state index in [1.54, 1.807) is 43.0 Å². The monoisotopic (exact) mass is 417 g/mol. The van der Waals surface area contributed by atoms with Gasteiger partial charge in [-0.1, -0.05) is 13.8 Å². The minimum Gasteiger partial charge on any atom is -0.486 e. The lowest BCUT2D eigenvalue weighted by Crippen LogP contribution is -2.37. The maximum Gasteiger partial charge on any atom is 0.251 e. The van der Waals surface area contributed by atoms with Gasteiger partial charge in [0.2, 0.25) is 0 Å². The maximum absolute atomic E-state index is 13.0. The molecule has 8 nitrogen and oxygen atoms in total. The number of ether oxygens (including phenoxy) is 2. The lowest BCUT2D eigenvalue weighted by molar-refractivity contribution is 0.0917. The van der Waals surface area contributed by atoms with Gasteiger partial charge in [0.1, 0.15) is 18.9 Å². The van der Waals surface area contributed by atoms with Crippen molar-refractivity contribution in [2.45, 2.75) is 32.7 Å². The molecule has 5 rings (SSSR count). The zero-order valence-electron chi connectivity index (χ0n) is 17.5. The third-order valence-corrected chi connectivity index (χ3v) is 5.58. The van der Waals surface area contributed by atoms with E-state index in [4.69, 9.17) is 14.5 Å². The van der Waals surface area contributed by atoms with Crippen LogP contribution in [-0.2, 0) is 6.42 Å². The average Bonchev–Trinajstić information content (AvgIpc) is 2.78. The summed E-state index contributed by atoms with van der Waals surface area (Å²) in [4.78, 5) is 30.7. The van der Waals surface area contributed by atoms with Crippen LogP contribution in [0.15, 0.2) is 43.0 Å². The van der Waals surface area contributed by atoms with Crippen LogP contribution in [0, 0.1) is 5.41 Å². The van der Waals surface area contributed by atoms with Crippen LogP contribution >= 0.6 is 0 Å². The van der Waals surface area contributed by atoms with E-state index < -0.39 is 0 Å². The first-order chi connectivity index (χ1) is 15.0. The molecule has 8 heteroatoms. The van der Waals surface area contributed by atoms with E-state index in [1.165, 1.54) is 0 Å². The average molecular weight is 417 g/mol. The second kappa shape index (κ2) is 7.61. The first-order valence-corrected chi connectivity index (χ1v) is 10.3. The Labute approximate surface area is 180 Å². The van der Waals surface area contributed by atoms with Crippen LogP contribution in [0.5, 0.6) is 11.5 Å². The molecule has 0 bridgehead atoms. The quantitative estimate of drug-likeness (QED) is 0.699. The number of benzene rings is 1. The summed E-state index contributed by atoms with van der Waals surface area (Å²) in [5.74, 6) is 1.64. The summed E-state index contributed by atoms with van der Waals surface area (Å²) >= 11 is 0. The van der Waals surface area contributed by atoms with Gasteiger partial charge in [0.15, 0.2) is 17.3 Å². The molecular formula is C23H23N5O3. The molecule has 3 heterocycles. The Hall–Kier alpha value is -3.55. The molecule has 1 N–H and O–H groups in total. The molecule has 0 saturated heterocycles. The van der Waals surface area contributed by atoms with E-state index in [2.05, 4.69) is 34.1 Å². The van der Waals surface area contributed by atoms with Crippen LogP contribution in [0.25, 0.3) is 11.5 Å². The molecule has 0 spiro atoms. The van der Waals surface area contributed by atoms with E-state index in [-0.39, 0.29) is 17.4 Å². The van der Waals surface area contributed by atoms with Crippen LogP contribution in [0.4, 0.5) is 0 Å². The van der Waals surface area contributed by atoms with Crippen molar-refractivity contribution in [1.29, 1.82) is 0 Å². The van der Waals surface area contributed by atoms with Crippen LogP contribution in [0.1, 0.15) is 47.9 Å². The topological polar surface area (TPSA) is 99.1 Å². The third kappa shape index (κ3) is 3.93. The second-order valence-electron chi connectivity index (χ2n) is 8.62. The molecule has 1 aromatic carbocycles. The summed E-state index contributed by atoms with van der Waals surface area (Å²) in [5, 5.41) is 3.17. The van der Waals surface area contributed by atoms with Crippen LogP contribution < -0.4 is 14.8 Å². The van der Waals surface area contributed by atoms with Crippen LogP contribution in [0.3, 0.4) is 0 Å². The number of carbonyl (C=O) groups is 1. The zero-order valence-corrected chi connectivity index (χ0v) is 17.5. The summed E-state index contributed by atoms with van der Waals surface area (Å²) in [6, 6.07) is 5.08.